The van der Waals surface area contributed by atoms with Crippen LogP contribution in [-0.4, -0.2) is 10.8 Å². The van der Waals surface area contributed by atoms with Gasteiger partial charge in [-0.3, -0.25) is 4.79 Å². The van der Waals surface area contributed by atoms with Crippen LogP contribution in [0.5, 0.6) is 11.6 Å². The number of para-hydroxylation sites is 1. The third kappa shape index (κ3) is 3.39. The minimum Gasteiger partial charge on any atom is -0.437 e. The summed E-state index contributed by atoms with van der Waals surface area (Å²) in [7, 11) is 0. The van der Waals surface area contributed by atoms with Crippen molar-refractivity contribution in [3.8, 4) is 11.6 Å². The van der Waals surface area contributed by atoms with Gasteiger partial charge in [-0.15, -0.1) is 0 Å². The molecule has 0 radical (unpaired) electrons. The van der Waals surface area contributed by atoms with Gasteiger partial charge < -0.3 is 4.74 Å². The number of carbonyl (C=O) groups excluding carboxylic acids is 1. The van der Waals surface area contributed by atoms with E-state index in [-0.39, 0.29) is 5.78 Å². The summed E-state index contributed by atoms with van der Waals surface area (Å²) < 4.78 is 6.59. The molecular weight excluding hydrogens is 366 g/mol. The molecule has 0 aliphatic heterocycles. The van der Waals surface area contributed by atoms with Crippen LogP contribution in [0.15, 0.2) is 65.3 Å². The number of benzene rings is 2. The van der Waals surface area contributed by atoms with Crippen LogP contribution in [0, 0.1) is 13.8 Å². The average molecular weight is 382 g/mol. The Morgan fingerprint density at radius 3 is 2.25 bits per heavy atom. The minimum absolute atomic E-state index is 0.0672. The summed E-state index contributed by atoms with van der Waals surface area (Å²) in [5, 5.41) is 0. The molecule has 0 unspecified atom stereocenters. The monoisotopic (exact) mass is 381 g/mol. The van der Waals surface area contributed by atoms with Crippen LogP contribution in [0.2, 0.25) is 0 Å². The molecule has 3 aromatic rings. The van der Waals surface area contributed by atoms with Crippen molar-refractivity contribution in [3.05, 3.63) is 87.5 Å². The summed E-state index contributed by atoms with van der Waals surface area (Å²) in [6.07, 6.45) is 1.54. The highest BCUT2D eigenvalue weighted by Gasteiger charge is 2.14. The number of halogens is 1. The van der Waals surface area contributed by atoms with Crippen molar-refractivity contribution in [2.75, 3.05) is 0 Å². The standard InChI is InChI=1S/C20H16BrNO2/c1-13-7-6-8-14(2)19(13)24-20-17(21)11-16(12-22-20)18(23)15-9-4-3-5-10-15/h3-12H,1-2H3. The van der Waals surface area contributed by atoms with Gasteiger partial charge in [-0.1, -0.05) is 48.5 Å². The molecule has 1 aromatic heterocycles. The molecule has 0 spiro atoms. The predicted molar refractivity (Wildman–Crippen MR) is 97.8 cm³/mol. The third-order valence-corrected chi connectivity index (χ3v) is 4.28. The fourth-order valence-corrected chi connectivity index (χ4v) is 2.87. The molecule has 0 atom stereocenters. The molecule has 0 saturated heterocycles. The van der Waals surface area contributed by atoms with E-state index in [9.17, 15) is 4.79 Å². The molecular formula is C20H16BrNO2. The van der Waals surface area contributed by atoms with Crippen molar-refractivity contribution in [2.45, 2.75) is 13.8 Å². The van der Waals surface area contributed by atoms with E-state index < -0.39 is 0 Å². The summed E-state index contributed by atoms with van der Waals surface area (Å²) in [6, 6.07) is 16.9. The van der Waals surface area contributed by atoms with Gasteiger partial charge in [-0.05, 0) is 47.0 Å². The topological polar surface area (TPSA) is 39.2 Å². The van der Waals surface area contributed by atoms with Crippen LogP contribution in [0.1, 0.15) is 27.0 Å². The van der Waals surface area contributed by atoms with Crippen molar-refractivity contribution in [1.29, 1.82) is 0 Å². The van der Waals surface area contributed by atoms with Gasteiger partial charge in [0.05, 0.1) is 4.47 Å². The maximum Gasteiger partial charge on any atom is 0.233 e. The Morgan fingerprint density at radius 2 is 1.62 bits per heavy atom. The number of hydrogen-bond donors (Lipinski definition) is 0. The maximum atomic E-state index is 12.5. The molecule has 0 amide bonds. The zero-order valence-corrected chi connectivity index (χ0v) is 15.0. The normalized spacial score (nSPS) is 10.5. The second kappa shape index (κ2) is 6.97. The lowest BCUT2D eigenvalue weighted by Crippen LogP contribution is -2.03. The first kappa shape index (κ1) is 16.4. The van der Waals surface area contributed by atoms with Crippen LogP contribution in [0.4, 0.5) is 0 Å². The van der Waals surface area contributed by atoms with E-state index in [1.54, 1.807) is 24.4 Å². The van der Waals surface area contributed by atoms with Gasteiger partial charge in [0.2, 0.25) is 5.88 Å². The number of pyridine rings is 1. The third-order valence-electron chi connectivity index (χ3n) is 3.71. The van der Waals surface area contributed by atoms with Crippen LogP contribution in [-0.2, 0) is 0 Å². The highest BCUT2D eigenvalue weighted by molar-refractivity contribution is 9.10. The molecule has 120 valence electrons. The van der Waals surface area contributed by atoms with Gasteiger partial charge in [-0.25, -0.2) is 4.98 Å². The van der Waals surface area contributed by atoms with E-state index in [1.807, 2.05) is 50.2 Å². The van der Waals surface area contributed by atoms with Gasteiger partial charge in [-0.2, -0.15) is 0 Å². The molecule has 1 heterocycles. The van der Waals surface area contributed by atoms with E-state index in [2.05, 4.69) is 20.9 Å². The number of carbonyl (C=O) groups is 1. The lowest BCUT2D eigenvalue weighted by molar-refractivity contribution is 0.103. The summed E-state index contributed by atoms with van der Waals surface area (Å²) >= 11 is 3.45. The lowest BCUT2D eigenvalue weighted by atomic mass is 10.1. The largest absolute Gasteiger partial charge is 0.437 e. The lowest BCUT2D eigenvalue weighted by Gasteiger charge is -2.12. The van der Waals surface area contributed by atoms with Crippen LogP contribution >= 0.6 is 15.9 Å². The molecule has 0 N–H and O–H groups in total. The molecule has 0 aliphatic rings. The second-order valence-electron chi connectivity index (χ2n) is 5.53. The Hall–Kier alpha value is -2.46. The van der Waals surface area contributed by atoms with E-state index in [1.165, 1.54) is 0 Å². The number of aromatic nitrogens is 1. The van der Waals surface area contributed by atoms with Crippen LogP contribution in [0.25, 0.3) is 0 Å². The fourth-order valence-electron chi connectivity index (χ4n) is 2.44. The highest BCUT2D eigenvalue weighted by Crippen LogP contribution is 2.32. The molecule has 2 aromatic carbocycles. The first-order valence-electron chi connectivity index (χ1n) is 7.55. The van der Waals surface area contributed by atoms with Crippen molar-refractivity contribution in [2.24, 2.45) is 0 Å². The quantitative estimate of drug-likeness (QED) is 0.561. The first-order chi connectivity index (χ1) is 11.6. The number of ketones is 1. The zero-order valence-electron chi connectivity index (χ0n) is 13.4. The number of ether oxygens (including phenoxy) is 1. The van der Waals surface area contributed by atoms with Crippen molar-refractivity contribution < 1.29 is 9.53 Å². The Kier molecular flexibility index (Phi) is 4.76. The van der Waals surface area contributed by atoms with Gasteiger partial charge >= 0.3 is 0 Å². The Morgan fingerprint density at radius 1 is 0.958 bits per heavy atom. The zero-order chi connectivity index (χ0) is 17.1. The molecule has 0 saturated carbocycles. The first-order valence-corrected chi connectivity index (χ1v) is 8.35. The van der Waals surface area contributed by atoms with Gasteiger partial charge in [0.1, 0.15) is 5.75 Å². The van der Waals surface area contributed by atoms with Crippen LogP contribution < -0.4 is 4.74 Å². The number of hydrogen-bond acceptors (Lipinski definition) is 3. The molecule has 0 fully saturated rings. The van der Waals surface area contributed by atoms with Crippen LogP contribution in [0.3, 0.4) is 0 Å². The number of nitrogens with zero attached hydrogens (tertiary/aromatic N) is 1. The molecule has 3 rings (SSSR count). The average Bonchev–Trinajstić information content (AvgIpc) is 2.59. The number of rotatable bonds is 4. The molecule has 0 bridgehead atoms. The summed E-state index contributed by atoms with van der Waals surface area (Å²) in [5.41, 5.74) is 3.22. The Bertz CT molecular complexity index is 871. The number of aryl methyl sites for hydroxylation is 2. The summed E-state index contributed by atoms with van der Waals surface area (Å²) in [6.45, 7) is 3.98. The van der Waals surface area contributed by atoms with E-state index in [0.29, 0.717) is 21.5 Å². The SMILES string of the molecule is Cc1cccc(C)c1Oc1ncc(C(=O)c2ccccc2)cc1Br. The van der Waals surface area contributed by atoms with E-state index in [4.69, 9.17) is 4.74 Å². The molecule has 24 heavy (non-hydrogen) atoms. The fraction of sp³-hybridized carbons (Fsp3) is 0.100. The Balaban J connectivity index is 1.89. The molecule has 3 nitrogen and oxygen atoms in total. The molecule has 0 aliphatic carbocycles. The second-order valence-corrected chi connectivity index (χ2v) is 6.38. The van der Waals surface area contributed by atoms with Gasteiger partial charge in [0.15, 0.2) is 5.78 Å². The minimum atomic E-state index is -0.0672. The summed E-state index contributed by atoms with van der Waals surface area (Å²) in [4.78, 5) is 16.8. The highest BCUT2D eigenvalue weighted by atomic mass is 79.9. The van der Waals surface area contributed by atoms with Crippen molar-refractivity contribution >= 4 is 21.7 Å². The van der Waals surface area contributed by atoms with Gasteiger partial charge in [0, 0.05) is 17.3 Å². The Labute approximate surface area is 149 Å². The maximum absolute atomic E-state index is 12.5. The predicted octanol–water partition coefficient (Wildman–Crippen LogP) is 5.48. The van der Waals surface area contributed by atoms with Crippen molar-refractivity contribution in [3.63, 3.8) is 0 Å². The van der Waals surface area contributed by atoms with Crippen molar-refractivity contribution in [1.82, 2.24) is 4.98 Å². The smallest absolute Gasteiger partial charge is 0.233 e. The van der Waals surface area contributed by atoms with E-state index in [0.717, 1.165) is 16.9 Å². The van der Waals surface area contributed by atoms with E-state index >= 15 is 0 Å². The summed E-state index contributed by atoms with van der Waals surface area (Å²) in [5.74, 6) is 1.16. The van der Waals surface area contributed by atoms with Gasteiger partial charge in [0.25, 0.3) is 0 Å². The molecule has 4 heteroatoms.